The number of benzene rings is 1. The minimum absolute atomic E-state index is 0.342. The Labute approximate surface area is 114 Å². The molecule has 0 radical (unpaired) electrons. The number of sulfone groups is 1. The van der Waals surface area contributed by atoms with Gasteiger partial charge in [0, 0.05) is 12.1 Å². The average molecular weight is 362 g/mol. The Morgan fingerprint density at radius 1 is 1.26 bits per heavy atom. The summed E-state index contributed by atoms with van der Waals surface area (Å²) in [7, 11) is -4.17. The molecule has 1 aromatic rings. The molecule has 5 nitrogen and oxygen atoms in total. The van der Waals surface area contributed by atoms with Crippen molar-refractivity contribution < 1.29 is 26.5 Å². The molecule has 0 fully saturated rings. The molecule has 0 aromatic heterocycles. The monoisotopic (exact) mass is 361 g/mol. The molecular formula is C9H7BrF3NO4S. The molecule has 0 saturated carbocycles. The Balaban J connectivity index is 2.98. The van der Waals surface area contributed by atoms with Crippen LogP contribution >= 0.6 is 15.9 Å². The van der Waals surface area contributed by atoms with Gasteiger partial charge in [0.15, 0.2) is 9.84 Å². The van der Waals surface area contributed by atoms with Crippen LogP contribution in [0.2, 0.25) is 0 Å². The molecule has 1 aromatic carbocycles. The molecule has 0 aliphatic rings. The van der Waals surface area contributed by atoms with E-state index in [1.54, 1.807) is 0 Å². The summed E-state index contributed by atoms with van der Waals surface area (Å²) in [4.78, 5) is 7.04. The highest BCUT2D eigenvalue weighted by atomic mass is 79.9. The average Bonchev–Trinajstić information content (AvgIpc) is 2.27. The van der Waals surface area contributed by atoms with Crippen LogP contribution in [0.4, 0.5) is 18.9 Å². The summed E-state index contributed by atoms with van der Waals surface area (Å²) in [5, 5.41) is 10.4. The van der Waals surface area contributed by atoms with Crippen molar-refractivity contribution in [1.82, 2.24) is 0 Å². The Kier molecular flexibility index (Phi) is 4.56. The lowest BCUT2D eigenvalue weighted by Gasteiger charge is -2.13. The molecule has 1 rings (SSSR count). The van der Waals surface area contributed by atoms with Gasteiger partial charge in [0.05, 0.1) is 15.6 Å². The van der Waals surface area contributed by atoms with E-state index in [0.29, 0.717) is 0 Å². The number of alkyl halides is 4. The molecule has 1 unspecified atom stereocenters. The fourth-order valence-electron chi connectivity index (χ4n) is 1.16. The normalized spacial score (nSPS) is 14.1. The van der Waals surface area contributed by atoms with Crippen molar-refractivity contribution >= 4 is 31.5 Å². The van der Waals surface area contributed by atoms with Gasteiger partial charge in [-0.15, -0.1) is 0 Å². The smallest absolute Gasteiger partial charge is 0.258 e. The molecule has 0 saturated heterocycles. The maximum absolute atomic E-state index is 12.3. The van der Waals surface area contributed by atoms with Crippen molar-refractivity contribution in [2.24, 2.45) is 0 Å². The van der Waals surface area contributed by atoms with Gasteiger partial charge in [-0.25, -0.2) is 8.42 Å². The van der Waals surface area contributed by atoms with Crippen molar-refractivity contribution in [2.45, 2.75) is 15.9 Å². The number of hydrogen-bond donors (Lipinski definition) is 0. The van der Waals surface area contributed by atoms with Crippen molar-refractivity contribution in [3.05, 3.63) is 34.4 Å². The van der Waals surface area contributed by atoms with Crippen molar-refractivity contribution in [1.29, 1.82) is 0 Å². The topological polar surface area (TPSA) is 77.3 Å². The van der Waals surface area contributed by atoms with E-state index in [2.05, 4.69) is 15.9 Å². The first-order valence-corrected chi connectivity index (χ1v) is 7.29. The highest BCUT2D eigenvalue weighted by molar-refractivity contribution is 9.09. The number of nitro groups is 1. The number of rotatable bonds is 4. The van der Waals surface area contributed by atoms with E-state index in [0.717, 1.165) is 24.3 Å². The standard InChI is InChI=1S/C9H7BrF3NO4S/c10-8(9(11,12)13)5-19(17,18)7-3-1-6(2-4-7)14(15)16/h1-4,8H,5H2. The quantitative estimate of drug-likeness (QED) is 0.469. The van der Waals surface area contributed by atoms with Crippen molar-refractivity contribution in [3.8, 4) is 0 Å². The Morgan fingerprint density at radius 2 is 1.74 bits per heavy atom. The Morgan fingerprint density at radius 3 is 2.11 bits per heavy atom. The predicted molar refractivity (Wildman–Crippen MR) is 63.9 cm³/mol. The van der Waals surface area contributed by atoms with Crippen LogP contribution in [0.1, 0.15) is 0 Å². The van der Waals surface area contributed by atoms with E-state index in [9.17, 15) is 31.7 Å². The van der Waals surface area contributed by atoms with Crippen LogP contribution in [0.15, 0.2) is 29.2 Å². The van der Waals surface area contributed by atoms with Gasteiger partial charge in [0.2, 0.25) is 0 Å². The SMILES string of the molecule is O=[N+]([O-])c1ccc(S(=O)(=O)CC(Br)C(F)(F)F)cc1. The molecule has 0 bridgehead atoms. The maximum atomic E-state index is 12.3. The number of halogens is 4. The third-order valence-electron chi connectivity index (χ3n) is 2.13. The van der Waals surface area contributed by atoms with Crippen molar-refractivity contribution in [2.75, 3.05) is 5.75 Å². The van der Waals surface area contributed by atoms with Crippen molar-refractivity contribution in [3.63, 3.8) is 0 Å². The number of nitro benzene ring substituents is 1. The first kappa shape index (κ1) is 15.9. The molecule has 106 valence electrons. The molecule has 0 aliphatic heterocycles. The molecule has 0 heterocycles. The van der Waals surface area contributed by atoms with Crippen LogP contribution in [0.5, 0.6) is 0 Å². The van der Waals surface area contributed by atoms with Crippen LogP contribution in [0.3, 0.4) is 0 Å². The van der Waals surface area contributed by atoms with Crippen LogP contribution in [0.25, 0.3) is 0 Å². The highest BCUT2D eigenvalue weighted by Crippen LogP contribution is 2.29. The molecule has 10 heteroatoms. The van der Waals surface area contributed by atoms with Gasteiger partial charge in [0.25, 0.3) is 5.69 Å². The largest absolute Gasteiger partial charge is 0.402 e. The lowest BCUT2D eigenvalue weighted by molar-refractivity contribution is -0.384. The van der Waals surface area contributed by atoms with Gasteiger partial charge in [-0.2, -0.15) is 13.2 Å². The van der Waals surface area contributed by atoms with Crippen LogP contribution in [0, 0.1) is 10.1 Å². The number of hydrogen-bond acceptors (Lipinski definition) is 4. The maximum Gasteiger partial charge on any atom is 0.402 e. The molecular weight excluding hydrogens is 355 g/mol. The fourth-order valence-corrected chi connectivity index (χ4v) is 3.52. The molecule has 0 spiro atoms. The second kappa shape index (κ2) is 5.45. The molecule has 1 atom stereocenters. The first-order valence-electron chi connectivity index (χ1n) is 4.72. The lowest BCUT2D eigenvalue weighted by atomic mass is 10.3. The summed E-state index contributed by atoms with van der Waals surface area (Å²) in [5.41, 5.74) is -0.342. The summed E-state index contributed by atoms with van der Waals surface area (Å²) in [6, 6.07) is 3.65. The van der Waals surface area contributed by atoms with Crippen LogP contribution in [-0.4, -0.2) is 30.1 Å². The van der Waals surface area contributed by atoms with E-state index in [1.807, 2.05) is 0 Å². The third-order valence-corrected chi connectivity index (χ3v) is 5.16. The molecule has 0 N–H and O–H groups in total. The Bertz CT molecular complexity index is 570. The summed E-state index contributed by atoms with van der Waals surface area (Å²) in [6.07, 6.45) is -4.69. The molecule has 19 heavy (non-hydrogen) atoms. The second-order valence-electron chi connectivity index (χ2n) is 3.54. The van der Waals surface area contributed by atoms with E-state index >= 15 is 0 Å². The van der Waals surface area contributed by atoms with Gasteiger partial charge in [-0.05, 0) is 12.1 Å². The van der Waals surface area contributed by atoms with Gasteiger partial charge >= 0.3 is 6.18 Å². The van der Waals surface area contributed by atoms with Gasteiger partial charge < -0.3 is 0 Å². The third kappa shape index (κ3) is 4.16. The fraction of sp³-hybridized carbons (Fsp3) is 0.333. The van der Waals surface area contributed by atoms with Gasteiger partial charge in [-0.1, -0.05) is 15.9 Å². The zero-order chi connectivity index (χ0) is 14.8. The van der Waals surface area contributed by atoms with Gasteiger partial charge in [0.1, 0.15) is 4.83 Å². The molecule has 0 amide bonds. The number of non-ortho nitro benzene ring substituents is 1. The van der Waals surface area contributed by atoms with Gasteiger partial charge in [-0.3, -0.25) is 10.1 Å². The summed E-state index contributed by atoms with van der Waals surface area (Å²) in [6.45, 7) is 0. The minimum Gasteiger partial charge on any atom is -0.258 e. The number of nitrogens with zero attached hydrogens (tertiary/aromatic N) is 1. The van der Waals surface area contributed by atoms with E-state index in [1.165, 1.54) is 0 Å². The predicted octanol–water partition coefficient (Wildman–Crippen LogP) is 2.69. The second-order valence-corrected chi connectivity index (χ2v) is 6.68. The van der Waals surface area contributed by atoms with E-state index in [4.69, 9.17) is 0 Å². The summed E-state index contributed by atoms with van der Waals surface area (Å²) in [5.74, 6) is -1.17. The van der Waals surface area contributed by atoms with E-state index < -0.39 is 36.4 Å². The zero-order valence-corrected chi connectivity index (χ0v) is 11.5. The molecule has 0 aliphatic carbocycles. The zero-order valence-electron chi connectivity index (χ0n) is 9.09. The summed E-state index contributed by atoms with van der Waals surface area (Å²) >= 11 is 2.26. The first-order chi connectivity index (χ1) is 8.54. The minimum atomic E-state index is -4.69. The highest BCUT2D eigenvalue weighted by Gasteiger charge is 2.40. The van der Waals surface area contributed by atoms with Crippen LogP contribution in [-0.2, 0) is 9.84 Å². The lowest BCUT2D eigenvalue weighted by Crippen LogP contribution is -2.30. The van der Waals surface area contributed by atoms with Crippen LogP contribution < -0.4 is 0 Å². The summed E-state index contributed by atoms with van der Waals surface area (Å²) < 4.78 is 60.1. The van der Waals surface area contributed by atoms with E-state index in [-0.39, 0.29) is 5.69 Å². The Hall–Kier alpha value is -1.16.